The van der Waals surface area contributed by atoms with Gasteiger partial charge in [-0.1, -0.05) is 43.1 Å². The quantitative estimate of drug-likeness (QED) is 0.832. The van der Waals surface area contributed by atoms with Crippen molar-refractivity contribution in [2.24, 2.45) is 5.73 Å². The molecule has 0 heterocycles. The van der Waals surface area contributed by atoms with Gasteiger partial charge in [0.25, 0.3) is 0 Å². The molecule has 0 aliphatic carbocycles. The molecule has 0 unspecified atom stereocenters. The van der Waals surface area contributed by atoms with Gasteiger partial charge in [-0.3, -0.25) is 4.79 Å². The van der Waals surface area contributed by atoms with Crippen molar-refractivity contribution in [3.05, 3.63) is 33.8 Å². The number of hydrogen-bond acceptors (Lipinski definition) is 2. The highest BCUT2D eigenvalue weighted by Gasteiger charge is 2.26. The molecular weight excluding hydrogens is 319 g/mol. The van der Waals surface area contributed by atoms with E-state index in [-0.39, 0.29) is 23.7 Å². The molecule has 0 aliphatic rings. The van der Waals surface area contributed by atoms with Crippen LogP contribution in [0, 0.1) is 0 Å². The molecule has 20 heavy (non-hydrogen) atoms. The lowest BCUT2D eigenvalue weighted by Crippen LogP contribution is -2.37. The Hall–Kier alpha value is -0.480. The second-order valence-corrected chi connectivity index (χ2v) is 5.96. The smallest absolute Gasteiger partial charge is 0.220 e. The number of halogens is 3. The minimum atomic E-state index is -0.326. The van der Waals surface area contributed by atoms with E-state index in [9.17, 15) is 4.79 Å². The number of rotatable bonds is 6. The number of carbonyl (C=O) groups is 1. The summed E-state index contributed by atoms with van der Waals surface area (Å²) in [4.78, 5) is 11.6. The van der Waals surface area contributed by atoms with Crippen LogP contribution in [0.15, 0.2) is 18.2 Å². The third kappa shape index (κ3) is 5.49. The average Bonchev–Trinajstić information content (AvgIpc) is 2.33. The number of benzene rings is 1. The first-order valence-electron chi connectivity index (χ1n) is 6.30. The molecule has 0 radical (unpaired) electrons. The van der Waals surface area contributed by atoms with Gasteiger partial charge in [0.15, 0.2) is 0 Å². The fraction of sp³-hybridized carbons (Fsp3) is 0.500. The first kappa shape index (κ1) is 19.5. The molecule has 1 aromatic carbocycles. The monoisotopic (exact) mass is 338 g/mol. The van der Waals surface area contributed by atoms with Crippen molar-refractivity contribution in [2.45, 2.75) is 32.1 Å². The third-order valence-electron chi connectivity index (χ3n) is 2.98. The predicted molar refractivity (Wildman–Crippen MR) is 88.0 cm³/mol. The van der Waals surface area contributed by atoms with Crippen LogP contribution in [0.4, 0.5) is 0 Å². The second-order valence-electron chi connectivity index (χ2n) is 5.15. The van der Waals surface area contributed by atoms with Crippen molar-refractivity contribution in [1.29, 1.82) is 0 Å². The lowest BCUT2D eigenvalue weighted by Gasteiger charge is -2.27. The summed E-state index contributed by atoms with van der Waals surface area (Å²) in [5, 5.41) is 4.14. The molecule has 0 fully saturated rings. The van der Waals surface area contributed by atoms with E-state index in [2.05, 4.69) is 5.32 Å². The Labute approximate surface area is 136 Å². The predicted octanol–water partition coefficient (Wildman–Crippen LogP) is 3.55. The van der Waals surface area contributed by atoms with Crippen LogP contribution in [0.1, 0.15) is 32.3 Å². The van der Waals surface area contributed by atoms with Crippen LogP contribution in [0.2, 0.25) is 10.0 Å². The number of nitrogens with two attached hydrogens (primary N) is 1. The van der Waals surface area contributed by atoms with E-state index in [1.807, 2.05) is 19.9 Å². The zero-order valence-electron chi connectivity index (χ0n) is 11.7. The molecule has 1 amide bonds. The molecular formula is C14H21Cl3N2O. The molecule has 1 aromatic rings. The van der Waals surface area contributed by atoms with Gasteiger partial charge in [0.1, 0.15) is 0 Å². The van der Waals surface area contributed by atoms with Crippen molar-refractivity contribution in [1.82, 2.24) is 5.32 Å². The number of nitrogens with one attached hydrogen (secondary N) is 1. The van der Waals surface area contributed by atoms with E-state index in [1.54, 1.807) is 12.1 Å². The first-order chi connectivity index (χ1) is 8.88. The van der Waals surface area contributed by atoms with Gasteiger partial charge in [-0.05, 0) is 30.7 Å². The Bertz CT molecular complexity index is 430. The van der Waals surface area contributed by atoms with Crippen LogP contribution < -0.4 is 11.1 Å². The van der Waals surface area contributed by atoms with Crippen LogP contribution >= 0.6 is 35.6 Å². The van der Waals surface area contributed by atoms with Crippen molar-refractivity contribution in [3.8, 4) is 0 Å². The van der Waals surface area contributed by atoms with Gasteiger partial charge in [0.2, 0.25) is 5.91 Å². The maximum atomic E-state index is 11.6. The molecule has 114 valence electrons. The average molecular weight is 340 g/mol. The maximum Gasteiger partial charge on any atom is 0.220 e. The molecule has 1 rings (SSSR count). The lowest BCUT2D eigenvalue weighted by molar-refractivity contribution is -0.121. The van der Waals surface area contributed by atoms with Gasteiger partial charge < -0.3 is 11.1 Å². The maximum absolute atomic E-state index is 11.6. The molecule has 0 aromatic heterocycles. The third-order valence-corrected chi connectivity index (χ3v) is 3.60. The van der Waals surface area contributed by atoms with E-state index in [1.165, 1.54) is 0 Å². The van der Waals surface area contributed by atoms with Gasteiger partial charge >= 0.3 is 0 Å². The van der Waals surface area contributed by atoms with E-state index in [4.69, 9.17) is 28.9 Å². The SMILES string of the molecule is CC(C)(CNC(=O)CCCN)c1c(Cl)cccc1Cl.Cl. The molecule has 0 atom stereocenters. The Morgan fingerprint density at radius 2 is 1.85 bits per heavy atom. The molecule has 0 aliphatic heterocycles. The largest absolute Gasteiger partial charge is 0.355 e. The van der Waals surface area contributed by atoms with Gasteiger partial charge in [0, 0.05) is 28.4 Å². The summed E-state index contributed by atoms with van der Waals surface area (Å²) in [6.07, 6.45) is 1.14. The summed E-state index contributed by atoms with van der Waals surface area (Å²) in [6.45, 7) is 5.01. The highest BCUT2D eigenvalue weighted by Crippen LogP contribution is 2.35. The van der Waals surface area contributed by atoms with Crippen LogP contribution in [-0.2, 0) is 10.2 Å². The number of amides is 1. The lowest BCUT2D eigenvalue weighted by atomic mass is 9.84. The Kier molecular flexibility index (Phi) is 8.52. The van der Waals surface area contributed by atoms with Crippen molar-refractivity contribution in [2.75, 3.05) is 13.1 Å². The topological polar surface area (TPSA) is 55.1 Å². The molecule has 0 bridgehead atoms. The summed E-state index contributed by atoms with van der Waals surface area (Å²) in [6, 6.07) is 5.42. The summed E-state index contributed by atoms with van der Waals surface area (Å²) in [5.74, 6) is 0.00158. The first-order valence-corrected chi connectivity index (χ1v) is 7.05. The van der Waals surface area contributed by atoms with Gasteiger partial charge in [0.05, 0.1) is 0 Å². The summed E-state index contributed by atoms with van der Waals surface area (Å²) in [5.41, 5.74) is 5.91. The minimum Gasteiger partial charge on any atom is -0.355 e. The normalized spacial score (nSPS) is 10.8. The molecule has 0 saturated heterocycles. The second kappa shape index (κ2) is 8.73. The van der Waals surface area contributed by atoms with Crippen molar-refractivity contribution in [3.63, 3.8) is 0 Å². The van der Waals surface area contributed by atoms with Crippen LogP contribution in [0.3, 0.4) is 0 Å². The number of carbonyl (C=O) groups excluding carboxylic acids is 1. The Morgan fingerprint density at radius 1 is 1.30 bits per heavy atom. The van der Waals surface area contributed by atoms with E-state index < -0.39 is 0 Å². The zero-order valence-corrected chi connectivity index (χ0v) is 14.0. The van der Waals surface area contributed by atoms with Gasteiger partial charge in [-0.2, -0.15) is 0 Å². The molecule has 0 spiro atoms. The van der Waals surface area contributed by atoms with Crippen LogP contribution in [-0.4, -0.2) is 19.0 Å². The standard InChI is InChI=1S/C14H20Cl2N2O.ClH/c1-14(2,9-18-12(19)7-4-8-17)13-10(15)5-3-6-11(13)16;/h3,5-6H,4,7-9,17H2,1-2H3,(H,18,19);1H. The van der Waals surface area contributed by atoms with E-state index in [0.29, 0.717) is 36.0 Å². The molecule has 6 heteroatoms. The zero-order chi connectivity index (χ0) is 14.5. The molecule has 3 N–H and O–H groups in total. The van der Waals surface area contributed by atoms with Gasteiger partial charge in [-0.25, -0.2) is 0 Å². The van der Waals surface area contributed by atoms with Crippen molar-refractivity contribution < 1.29 is 4.79 Å². The Morgan fingerprint density at radius 3 is 2.35 bits per heavy atom. The fourth-order valence-electron chi connectivity index (χ4n) is 1.90. The molecule has 0 saturated carbocycles. The highest BCUT2D eigenvalue weighted by molar-refractivity contribution is 6.36. The minimum absolute atomic E-state index is 0. The summed E-state index contributed by atoms with van der Waals surface area (Å²) in [7, 11) is 0. The van der Waals surface area contributed by atoms with Crippen LogP contribution in [0.5, 0.6) is 0 Å². The Balaban J connectivity index is 0.00000361. The fourth-order valence-corrected chi connectivity index (χ4v) is 2.81. The number of hydrogen-bond donors (Lipinski definition) is 2. The molecule has 3 nitrogen and oxygen atoms in total. The highest BCUT2D eigenvalue weighted by atomic mass is 35.5. The van der Waals surface area contributed by atoms with E-state index in [0.717, 1.165) is 5.56 Å². The summed E-state index contributed by atoms with van der Waals surface area (Å²) < 4.78 is 0. The van der Waals surface area contributed by atoms with Gasteiger partial charge in [-0.15, -0.1) is 12.4 Å². The van der Waals surface area contributed by atoms with Crippen LogP contribution in [0.25, 0.3) is 0 Å². The summed E-state index contributed by atoms with van der Waals surface area (Å²) >= 11 is 12.4. The van der Waals surface area contributed by atoms with E-state index >= 15 is 0 Å². The van der Waals surface area contributed by atoms with Crippen molar-refractivity contribution >= 4 is 41.5 Å².